The Labute approximate surface area is 187 Å². The number of rotatable bonds is 6. The van der Waals surface area contributed by atoms with Crippen molar-refractivity contribution in [3.63, 3.8) is 0 Å². The molecule has 0 spiro atoms. The Morgan fingerprint density at radius 1 is 1.20 bits per heavy atom. The Morgan fingerprint density at radius 3 is 2.63 bits per heavy atom. The molecule has 1 saturated heterocycles. The third-order valence-electron chi connectivity index (χ3n) is 7.39. The summed E-state index contributed by atoms with van der Waals surface area (Å²) in [6.07, 6.45) is 4.64. The number of likely N-dealkylation sites (tertiary alicyclic amines) is 1. The van der Waals surface area contributed by atoms with Crippen LogP contribution >= 0.6 is 12.2 Å². The van der Waals surface area contributed by atoms with Crippen molar-refractivity contribution in [3.8, 4) is 0 Å². The second-order valence-corrected chi connectivity index (χ2v) is 9.43. The third-order valence-corrected chi connectivity index (χ3v) is 7.77. The van der Waals surface area contributed by atoms with E-state index in [9.17, 15) is 0 Å². The Morgan fingerprint density at radius 2 is 1.97 bits per heavy atom. The van der Waals surface area contributed by atoms with E-state index in [1.165, 1.54) is 18.4 Å². The van der Waals surface area contributed by atoms with Gasteiger partial charge in [-0.3, -0.25) is 0 Å². The average molecular weight is 427 g/mol. The van der Waals surface area contributed by atoms with Crippen LogP contribution in [0.3, 0.4) is 0 Å². The molecule has 164 valence electrons. The maximum atomic E-state index is 5.73. The summed E-state index contributed by atoms with van der Waals surface area (Å²) in [7, 11) is 2.31. The van der Waals surface area contributed by atoms with Gasteiger partial charge in [0.1, 0.15) is 0 Å². The highest BCUT2D eigenvalue weighted by Gasteiger charge is 2.41. The second-order valence-electron chi connectivity index (χ2n) is 9.04. The number of hydrogen-bond donors (Lipinski definition) is 1. The van der Waals surface area contributed by atoms with E-state index < -0.39 is 0 Å². The van der Waals surface area contributed by atoms with Gasteiger partial charge in [0, 0.05) is 60.8 Å². The molecule has 4 rings (SSSR count). The van der Waals surface area contributed by atoms with Gasteiger partial charge in [0.15, 0.2) is 5.11 Å². The van der Waals surface area contributed by atoms with Crippen molar-refractivity contribution in [1.82, 2.24) is 19.7 Å². The molecule has 2 aromatic rings. The normalized spacial score (nSPS) is 23.4. The molecule has 1 N–H and O–H groups in total. The lowest BCUT2D eigenvalue weighted by atomic mass is 9.73. The molecule has 0 amide bonds. The summed E-state index contributed by atoms with van der Waals surface area (Å²) in [5.74, 6) is 0.569. The first-order chi connectivity index (χ1) is 14.5. The summed E-state index contributed by atoms with van der Waals surface area (Å²) in [5.41, 5.74) is 6.20. The van der Waals surface area contributed by atoms with E-state index in [0.29, 0.717) is 18.0 Å². The minimum Gasteiger partial charge on any atom is -0.359 e. The van der Waals surface area contributed by atoms with Crippen molar-refractivity contribution in [3.05, 3.63) is 35.0 Å². The monoisotopic (exact) mass is 426 g/mol. The van der Waals surface area contributed by atoms with Crippen LogP contribution in [-0.2, 0) is 19.4 Å². The van der Waals surface area contributed by atoms with Gasteiger partial charge in [0.05, 0.1) is 0 Å². The summed E-state index contributed by atoms with van der Waals surface area (Å²) >= 11 is 5.73. The van der Waals surface area contributed by atoms with E-state index in [1.54, 1.807) is 22.2 Å². The lowest BCUT2D eigenvalue weighted by molar-refractivity contribution is 0.133. The van der Waals surface area contributed by atoms with E-state index >= 15 is 0 Å². The molecular formula is C25H38N4S. The van der Waals surface area contributed by atoms with Crippen molar-refractivity contribution in [1.29, 1.82) is 0 Å². The molecule has 0 radical (unpaired) electrons. The average Bonchev–Trinajstić information content (AvgIpc) is 3.04. The van der Waals surface area contributed by atoms with E-state index in [-0.39, 0.29) is 0 Å². The van der Waals surface area contributed by atoms with Crippen LogP contribution in [0.15, 0.2) is 18.2 Å². The zero-order valence-corrected chi connectivity index (χ0v) is 20.2. The molecule has 1 aromatic carbocycles. The molecular weight excluding hydrogens is 388 g/mol. The lowest BCUT2D eigenvalue weighted by Gasteiger charge is -2.46. The zero-order chi connectivity index (χ0) is 21.4. The van der Waals surface area contributed by atoms with Crippen LogP contribution in [0.1, 0.15) is 63.3 Å². The molecule has 3 atom stereocenters. The Balaban J connectivity index is 1.70. The summed E-state index contributed by atoms with van der Waals surface area (Å²) in [6, 6.07) is 8.02. The molecule has 2 heterocycles. The van der Waals surface area contributed by atoms with Crippen molar-refractivity contribution in [2.75, 3.05) is 26.7 Å². The minimum absolute atomic E-state index is 0.407. The molecule has 1 aliphatic heterocycles. The van der Waals surface area contributed by atoms with E-state index in [2.05, 4.69) is 72.6 Å². The number of aromatic nitrogens is 1. The van der Waals surface area contributed by atoms with Gasteiger partial charge in [-0.25, -0.2) is 0 Å². The highest BCUT2D eigenvalue weighted by atomic mass is 32.1. The summed E-state index contributed by atoms with van der Waals surface area (Å²) in [4.78, 5) is 4.84. The van der Waals surface area contributed by atoms with Crippen LogP contribution in [-0.4, -0.2) is 58.2 Å². The van der Waals surface area contributed by atoms with Crippen LogP contribution in [0.5, 0.6) is 0 Å². The van der Waals surface area contributed by atoms with Crippen molar-refractivity contribution in [2.45, 2.75) is 77.9 Å². The largest absolute Gasteiger partial charge is 0.359 e. The van der Waals surface area contributed by atoms with Crippen LogP contribution in [0.2, 0.25) is 0 Å². The third kappa shape index (κ3) is 3.54. The fourth-order valence-corrected chi connectivity index (χ4v) is 6.45. The molecule has 0 saturated carbocycles. The van der Waals surface area contributed by atoms with Crippen molar-refractivity contribution in [2.24, 2.45) is 0 Å². The molecule has 4 nitrogen and oxygen atoms in total. The maximum absolute atomic E-state index is 5.73. The van der Waals surface area contributed by atoms with E-state index in [1.807, 2.05) is 0 Å². The van der Waals surface area contributed by atoms with Gasteiger partial charge in [0.2, 0.25) is 0 Å². The van der Waals surface area contributed by atoms with Gasteiger partial charge < -0.3 is 19.7 Å². The predicted molar refractivity (Wildman–Crippen MR) is 132 cm³/mol. The van der Waals surface area contributed by atoms with Crippen LogP contribution < -0.4 is 5.32 Å². The van der Waals surface area contributed by atoms with Gasteiger partial charge in [-0.1, -0.05) is 26.0 Å². The van der Waals surface area contributed by atoms with Gasteiger partial charge in [-0.2, -0.15) is 0 Å². The molecule has 1 fully saturated rings. The van der Waals surface area contributed by atoms with Crippen LogP contribution in [0, 0.1) is 0 Å². The number of fused-ring (bicyclic) bond motifs is 2. The van der Waals surface area contributed by atoms with Gasteiger partial charge in [-0.05, 0) is 76.0 Å². The fraction of sp³-hybridized carbons (Fsp3) is 0.640. The first-order valence-corrected chi connectivity index (χ1v) is 12.3. The van der Waals surface area contributed by atoms with Gasteiger partial charge in [0.25, 0.3) is 0 Å². The Bertz CT molecular complexity index is 913. The predicted octanol–water partition coefficient (Wildman–Crippen LogP) is 4.54. The number of nitrogens with zero attached hydrogens (tertiary/aromatic N) is 3. The highest BCUT2D eigenvalue weighted by molar-refractivity contribution is 7.80. The summed E-state index contributed by atoms with van der Waals surface area (Å²) in [6.45, 7) is 13.1. The quantitative estimate of drug-likeness (QED) is 0.685. The number of nitrogens with one attached hydrogen (secondary N) is 1. The number of aryl methyl sites for hydroxylation is 1. The molecule has 1 aliphatic carbocycles. The Kier molecular flexibility index (Phi) is 6.40. The van der Waals surface area contributed by atoms with Gasteiger partial charge in [-0.15, -0.1) is 0 Å². The minimum atomic E-state index is 0.407. The lowest BCUT2D eigenvalue weighted by Crippen LogP contribution is -2.56. The SMILES string of the molecule is CCCn1c(CC)c2c3c(cccc31)[C@H]1C[C@H](NC(=S)N(CC)CC)CN(C)[C@@H]1C2. The number of hydrogen-bond acceptors (Lipinski definition) is 2. The van der Waals surface area contributed by atoms with E-state index in [4.69, 9.17) is 12.2 Å². The molecule has 1 aromatic heterocycles. The fourth-order valence-electron chi connectivity index (χ4n) is 6.03. The first-order valence-electron chi connectivity index (χ1n) is 11.9. The molecule has 0 unspecified atom stereocenters. The number of piperidine rings is 1. The number of thiocarbonyl (C=S) groups is 1. The van der Waals surface area contributed by atoms with Crippen molar-refractivity contribution >= 4 is 28.2 Å². The standard InChI is InChI=1S/C25H38N4S/c1-6-13-29-21(7-2)20-15-23-19(18-11-10-12-22(29)24(18)20)14-17(16-27(23)5)26-25(30)28(8-3)9-4/h10-12,17,19,23H,6-9,13-16H2,1-5H3,(H,26,30)/t17-,19+,23+/m0/s1. The molecule has 5 heteroatoms. The molecule has 2 aliphatic rings. The van der Waals surface area contributed by atoms with Crippen LogP contribution in [0.25, 0.3) is 10.9 Å². The van der Waals surface area contributed by atoms with Gasteiger partial charge >= 0.3 is 0 Å². The van der Waals surface area contributed by atoms with Crippen molar-refractivity contribution < 1.29 is 0 Å². The number of likely N-dealkylation sites (N-methyl/N-ethyl adjacent to an activating group) is 1. The number of benzene rings is 1. The topological polar surface area (TPSA) is 23.4 Å². The first kappa shape index (κ1) is 21.6. The smallest absolute Gasteiger partial charge is 0.169 e. The highest BCUT2D eigenvalue weighted by Crippen LogP contribution is 2.45. The molecule has 30 heavy (non-hydrogen) atoms. The zero-order valence-electron chi connectivity index (χ0n) is 19.4. The maximum Gasteiger partial charge on any atom is 0.169 e. The molecule has 0 bridgehead atoms. The van der Waals surface area contributed by atoms with Crippen LogP contribution in [0.4, 0.5) is 0 Å². The second kappa shape index (κ2) is 8.88. The summed E-state index contributed by atoms with van der Waals surface area (Å²) in [5, 5.41) is 6.17. The van der Waals surface area contributed by atoms with E-state index in [0.717, 1.165) is 44.1 Å². The summed E-state index contributed by atoms with van der Waals surface area (Å²) < 4.78 is 2.61. The Hall–Kier alpha value is -1.59.